The summed E-state index contributed by atoms with van der Waals surface area (Å²) in [6.45, 7) is 5.18. The fourth-order valence-corrected chi connectivity index (χ4v) is 3.25. The van der Waals surface area contributed by atoms with Crippen LogP contribution in [0.2, 0.25) is 0 Å². The van der Waals surface area contributed by atoms with Crippen molar-refractivity contribution in [1.82, 2.24) is 15.5 Å². The summed E-state index contributed by atoms with van der Waals surface area (Å²) in [6, 6.07) is 5.04. The van der Waals surface area contributed by atoms with E-state index in [0.29, 0.717) is 10.6 Å². The van der Waals surface area contributed by atoms with E-state index in [1.807, 2.05) is 0 Å². The van der Waals surface area contributed by atoms with Gasteiger partial charge in [0, 0.05) is 10.0 Å². The summed E-state index contributed by atoms with van der Waals surface area (Å²) in [7, 11) is 0. The van der Waals surface area contributed by atoms with Gasteiger partial charge in [-0.2, -0.15) is 0 Å². The zero-order chi connectivity index (χ0) is 14.5. The van der Waals surface area contributed by atoms with E-state index < -0.39 is 0 Å². The minimum atomic E-state index is -0.273. The number of halogens is 2. The first kappa shape index (κ1) is 15.5. The highest BCUT2D eigenvalue weighted by molar-refractivity contribution is 9.10. The smallest absolute Gasteiger partial charge is 0.150 e. The first-order valence-electron chi connectivity index (χ1n) is 6.67. The second-order valence-corrected chi connectivity index (χ2v) is 6.41. The maximum Gasteiger partial charge on any atom is 0.150 e. The number of nitrogens with one attached hydrogen (secondary N) is 1. The SMILES string of the molecule is CCCNC(CC)c1nnc(-c2cc(Br)ccc2F)s1. The van der Waals surface area contributed by atoms with E-state index in [1.165, 1.54) is 17.4 Å². The Morgan fingerprint density at radius 3 is 2.85 bits per heavy atom. The summed E-state index contributed by atoms with van der Waals surface area (Å²) in [5.74, 6) is -0.273. The molecule has 0 saturated heterocycles. The van der Waals surface area contributed by atoms with E-state index >= 15 is 0 Å². The molecule has 0 aliphatic carbocycles. The fourth-order valence-electron chi connectivity index (χ4n) is 1.87. The van der Waals surface area contributed by atoms with Crippen molar-refractivity contribution in [2.45, 2.75) is 32.7 Å². The van der Waals surface area contributed by atoms with Gasteiger partial charge in [-0.3, -0.25) is 0 Å². The lowest BCUT2D eigenvalue weighted by Gasteiger charge is -2.12. The van der Waals surface area contributed by atoms with Gasteiger partial charge in [-0.05, 0) is 37.6 Å². The van der Waals surface area contributed by atoms with Gasteiger partial charge in [0.25, 0.3) is 0 Å². The molecule has 0 aliphatic rings. The van der Waals surface area contributed by atoms with Gasteiger partial charge in [-0.15, -0.1) is 10.2 Å². The minimum absolute atomic E-state index is 0.191. The number of aromatic nitrogens is 2. The Morgan fingerprint density at radius 1 is 1.35 bits per heavy atom. The van der Waals surface area contributed by atoms with Gasteiger partial charge in [-0.25, -0.2) is 4.39 Å². The molecule has 3 nitrogen and oxygen atoms in total. The van der Waals surface area contributed by atoms with Gasteiger partial charge in [0.05, 0.1) is 6.04 Å². The fraction of sp³-hybridized carbons (Fsp3) is 0.429. The van der Waals surface area contributed by atoms with Crippen LogP contribution in [-0.4, -0.2) is 16.7 Å². The minimum Gasteiger partial charge on any atom is -0.308 e. The van der Waals surface area contributed by atoms with Crippen LogP contribution in [0, 0.1) is 5.82 Å². The van der Waals surface area contributed by atoms with Gasteiger partial charge < -0.3 is 5.32 Å². The van der Waals surface area contributed by atoms with Crippen molar-refractivity contribution in [3.63, 3.8) is 0 Å². The van der Waals surface area contributed by atoms with Crippen LogP contribution in [0.3, 0.4) is 0 Å². The summed E-state index contributed by atoms with van der Waals surface area (Å²) in [5, 5.41) is 13.3. The van der Waals surface area contributed by atoms with E-state index in [-0.39, 0.29) is 11.9 Å². The van der Waals surface area contributed by atoms with Gasteiger partial charge in [0.15, 0.2) is 5.01 Å². The third-order valence-electron chi connectivity index (χ3n) is 2.95. The predicted octanol–water partition coefficient (Wildman–Crippen LogP) is 4.56. The lowest BCUT2D eigenvalue weighted by Crippen LogP contribution is -2.21. The van der Waals surface area contributed by atoms with E-state index in [4.69, 9.17) is 0 Å². The molecular formula is C14H17BrFN3S. The van der Waals surface area contributed by atoms with Crippen LogP contribution < -0.4 is 5.32 Å². The van der Waals surface area contributed by atoms with Crippen LogP contribution in [0.25, 0.3) is 10.6 Å². The quantitative estimate of drug-likeness (QED) is 0.823. The van der Waals surface area contributed by atoms with Crippen molar-refractivity contribution in [2.75, 3.05) is 6.54 Å². The topological polar surface area (TPSA) is 37.8 Å². The van der Waals surface area contributed by atoms with Crippen molar-refractivity contribution >= 4 is 27.3 Å². The third-order valence-corrected chi connectivity index (χ3v) is 4.51. The molecule has 0 fully saturated rings. The summed E-state index contributed by atoms with van der Waals surface area (Å²) >= 11 is 4.80. The highest BCUT2D eigenvalue weighted by Crippen LogP contribution is 2.31. The molecule has 0 aliphatic heterocycles. The Balaban J connectivity index is 2.25. The van der Waals surface area contributed by atoms with Crippen LogP contribution in [0.1, 0.15) is 37.7 Å². The molecule has 2 rings (SSSR count). The van der Waals surface area contributed by atoms with Crippen LogP contribution in [0.5, 0.6) is 0 Å². The molecule has 1 N–H and O–H groups in total. The lowest BCUT2D eigenvalue weighted by atomic mass is 10.2. The Kier molecular flexibility index (Phi) is 5.63. The molecule has 0 spiro atoms. The molecule has 108 valence electrons. The van der Waals surface area contributed by atoms with Crippen molar-refractivity contribution in [2.24, 2.45) is 0 Å². The van der Waals surface area contributed by atoms with E-state index in [2.05, 4.69) is 45.3 Å². The van der Waals surface area contributed by atoms with Crippen molar-refractivity contribution in [1.29, 1.82) is 0 Å². The maximum absolute atomic E-state index is 13.9. The van der Waals surface area contributed by atoms with Gasteiger partial charge in [0.1, 0.15) is 10.8 Å². The molecule has 1 aromatic carbocycles. The van der Waals surface area contributed by atoms with Gasteiger partial charge in [-0.1, -0.05) is 41.1 Å². The molecule has 0 saturated carbocycles. The van der Waals surface area contributed by atoms with Crippen molar-refractivity contribution < 1.29 is 4.39 Å². The van der Waals surface area contributed by atoms with Crippen molar-refractivity contribution in [3.8, 4) is 10.6 Å². The zero-order valence-corrected chi connectivity index (χ0v) is 13.9. The first-order chi connectivity index (χ1) is 9.65. The molecular weight excluding hydrogens is 341 g/mol. The maximum atomic E-state index is 13.9. The van der Waals surface area contributed by atoms with Crippen LogP contribution in [0.4, 0.5) is 4.39 Å². The molecule has 0 amide bonds. The summed E-state index contributed by atoms with van der Waals surface area (Å²) in [6.07, 6.45) is 2.01. The molecule has 0 radical (unpaired) electrons. The van der Waals surface area contributed by atoms with E-state index in [0.717, 1.165) is 28.9 Å². The molecule has 6 heteroatoms. The monoisotopic (exact) mass is 357 g/mol. The molecule has 1 unspecified atom stereocenters. The Bertz CT molecular complexity index is 573. The second kappa shape index (κ2) is 7.24. The molecule has 1 heterocycles. The Hall–Kier alpha value is -0.850. The molecule has 0 bridgehead atoms. The number of hydrogen-bond donors (Lipinski definition) is 1. The molecule has 1 aromatic heterocycles. The lowest BCUT2D eigenvalue weighted by molar-refractivity contribution is 0.513. The van der Waals surface area contributed by atoms with Gasteiger partial charge in [0.2, 0.25) is 0 Å². The predicted molar refractivity (Wildman–Crippen MR) is 84.3 cm³/mol. The number of nitrogens with zero attached hydrogens (tertiary/aromatic N) is 2. The average molecular weight is 358 g/mol. The van der Waals surface area contributed by atoms with Crippen LogP contribution in [-0.2, 0) is 0 Å². The molecule has 2 aromatic rings. The average Bonchev–Trinajstić information content (AvgIpc) is 2.92. The largest absolute Gasteiger partial charge is 0.308 e. The Morgan fingerprint density at radius 2 is 2.15 bits per heavy atom. The zero-order valence-electron chi connectivity index (χ0n) is 11.5. The summed E-state index contributed by atoms with van der Waals surface area (Å²) in [5.41, 5.74) is 0.494. The highest BCUT2D eigenvalue weighted by atomic mass is 79.9. The second-order valence-electron chi connectivity index (χ2n) is 4.48. The number of hydrogen-bond acceptors (Lipinski definition) is 4. The first-order valence-corrected chi connectivity index (χ1v) is 8.28. The normalized spacial score (nSPS) is 12.6. The van der Waals surface area contributed by atoms with Crippen molar-refractivity contribution in [3.05, 3.63) is 33.5 Å². The summed E-state index contributed by atoms with van der Waals surface area (Å²) < 4.78 is 14.7. The third kappa shape index (κ3) is 3.62. The van der Waals surface area contributed by atoms with Gasteiger partial charge >= 0.3 is 0 Å². The van der Waals surface area contributed by atoms with Crippen LogP contribution in [0.15, 0.2) is 22.7 Å². The highest BCUT2D eigenvalue weighted by Gasteiger charge is 2.17. The van der Waals surface area contributed by atoms with E-state index in [1.54, 1.807) is 12.1 Å². The molecule has 1 atom stereocenters. The number of rotatable bonds is 6. The van der Waals surface area contributed by atoms with E-state index in [9.17, 15) is 4.39 Å². The summed E-state index contributed by atoms with van der Waals surface area (Å²) in [4.78, 5) is 0. The number of benzene rings is 1. The molecule has 20 heavy (non-hydrogen) atoms. The standard InChI is InChI=1S/C14H17BrFN3S/c1-3-7-17-12(4-2)14-19-18-13(20-14)10-8-9(15)5-6-11(10)16/h5-6,8,12,17H,3-4,7H2,1-2H3. The Labute approximate surface area is 130 Å². The van der Waals surface area contributed by atoms with Crippen LogP contribution >= 0.6 is 27.3 Å².